The van der Waals surface area contributed by atoms with Crippen LogP contribution in [-0.4, -0.2) is 20.3 Å². The lowest BCUT2D eigenvalue weighted by Crippen LogP contribution is -2.29. The van der Waals surface area contributed by atoms with Crippen molar-refractivity contribution in [2.75, 3.05) is 0 Å². The van der Waals surface area contributed by atoms with E-state index in [2.05, 4.69) is 10.5 Å². The van der Waals surface area contributed by atoms with Crippen LogP contribution in [0.4, 0.5) is 13.2 Å². The Hall–Kier alpha value is -3.33. The van der Waals surface area contributed by atoms with Gasteiger partial charge in [-0.3, -0.25) is 19.5 Å². The monoisotopic (exact) mass is 373 g/mol. The predicted octanol–water partition coefficient (Wildman–Crippen LogP) is 3.14. The number of carbonyl (C=O) groups excluding carboxylic acids is 1. The zero-order valence-electron chi connectivity index (χ0n) is 14.1. The molecule has 9 heteroatoms. The van der Waals surface area contributed by atoms with Crippen molar-refractivity contribution in [3.63, 3.8) is 0 Å². The van der Waals surface area contributed by atoms with Crippen molar-refractivity contribution in [3.05, 3.63) is 59.8 Å². The van der Waals surface area contributed by atoms with Crippen LogP contribution in [0.25, 0.3) is 27.6 Å². The molecule has 4 aromatic rings. The highest BCUT2D eigenvalue weighted by Gasteiger charge is 2.30. The van der Waals surface area contributed by atoms with Crippen molar-refractivity contribution >= 4 is 27.8 Å². The predicted molar refractivity (Wildman–Crippen MR) is 94.2 cm³/mol. The first-order valence-electron chi connectivity index (χ1n) is 7.96. The van der Waals surface area contributed by atoms with Crippen LogP contribution >= 0.6 is 0 Å². The van der Waals surface area contributed by atoms with Crippen LogP contribution in [0.15, 0.2) is 48.7 Å². The fourth-order valence-corrected chi connectivity index (χ4v) is 3.18. The molecule has 27 heavy (non-hydrogen) atoms. The number of halogens is 3. The van der Waals surface area contributed by atoms with Crippen molar-refractivity contribution in [1.82, 2.24) is 19.8 Å². The van der Waals surface area contributed by atoms with Gasteiger partial charge in [0.1, 0.15) is 0 Å². The number of hydrogen-bond donors (Lipinski definition) is 2. The molecule has 2 heterocycles. The normalized spacial score (nSPS) is 12.0. The van der Waals surface area contributed by atoms with Crippen LogP contribution in [0.2, 0.25) is 0 Å². The fourth-order valence-electron chi connectivity index (χ4n) is 3.18. The van der Waals surface area contributed by atoms with E-state index < -0.39 is 17.6 Å². The molecule has 0 unspecified atom stereocenters. The van der Waals surface area contributed by atoms with Gasteiger partial charge in [0.2, 0.25) is 0 Å². The average molecular weight is 373 g/mol. The van der Waals surface area contributed by atoms with E-state index in [1.807, 2.05) is 0 Å². The van der Waals surface area contributed by atoms with Gasteiger partial charge >= 0.3 is 6.18 Å². The van der Waals surface area contributed by atoms with Crippen LogP contribution in [0, 0.1) is 0 Å². The second-order valence-corrected chi connectivity index (χ2v) is 6.13. The van der Waals surface area contributed by atoms with E-state index in [0.717, 1.165) is 28.4 Å². The number of amides is 1. The number of aromatic nitrogens is 3. The van der Waals surface area contributed by atoms with Gasteiger partial charge in [-0.15, -0.1) is 0 Å². The summed E-state index contributed by atoms with van der Waals surface area (Å²) in [6.45, 7) is 0. The maximum atomic E-state index is 12.9. The van der Waals surface area contributed by atoms with Crippen molar-refractivity contribution < 1.29 is 18.0 Å². The van der Waals surface area contributed by atoms with Crippen LogP contribution in [0.3, 0.4) is 0 Å². The number of carbonyl (C=O) groups is 1. The molecular formula is C18H14F3N5O. The van der Waals surface area contributed by atoms with Gasteiger partial charge in [-0.2, -0.15) is 18.3 Å². The highest BCUT2D eigenvalue weighted by Crippen LogP contribution is 2.34. The number of hydrogen-bond acceptors (Lipinski definition) is 3. The smallest absolute Gasteiger partial charge is 0.292 e. The maximum absolute atomic E-state index is 12.9. The van der Waals surface area contributed by atoms with Gasteiger partial charge in [0.05, 0.1) is 11.1 Å². The number of nitrogens with two attached hydrogens (primary N) is 1. The number of alkyl halides is 3. The molecule has 2 aromatic heterocycles. The highest BCUT2D eigenvalue weighted by molar-refractivity contribution is 6.10. The van der Waals surface area contributed by atoms with Crippen LogP contribution in [0.5, 0.6) is 0 Å². The van der Waals surface area contributed by atoms with E-state index in [9.17, 15) is 18.0 Å². The third kappa shape index (κ3) is 2.72. The largest absolute Gasteiger partial charge is 0.416 e. The number of fused-ring (bicyclic) bond motifs is 3. The summed E-state index contributed by atoms with van der Waals surface area (Å²) in [7, 11) is 1.75. The SMILES string of the molecule is Cn1cc2c3cc(C(=O)NN)ccc3n(-c3ccc(C(F)(F)F)cc3)c2n1. The van der Waals surface area contributed by atoms with Gasteiger partial charge in [-0.1, -0.05) is 0 Å². The molecule has 0 fully saturated rings. The Bertz CT molecular complexity index is 1170. The Kier molecular flexibility index (Phi) is 3.70. The number of nitrogens with zero attached hydrogens (tertiary/aromatic N) is 3. The van der Waals surface area contributed by atoms with Gasteiger partial charge in [-0.05, 0) is 42.5 Å². The molecule has 6 nitrogen and oxygen atoms in total. The summed E-state index contributed by atoms with van der Waals surface area (Å²) < 4.78 is 41.9. The number of benzene rings is 2. The molecule has 2 aromatic carbocycles. The molecular weight excluding hydrogens is 359 g/mol. The molecule has 0 aliphatic rings. The molecule has 0 radical (unpaired) electrons. The molecule has 138 valence electrons. The zero-order valence-corrected chi connectivity index (χ0v) is 14.1. The lowest BCUT2D eigenvalue weighted by Gasteiger charge is -2.10. The van der Waals surface area contributed by atoms with Gasteiger partial charge < -0.3 is 0 Å². The first kappa shape index (κ1) is 17.1. The minimum atomic E-state index is -4.40. The van der Waals surface area contributed by atoms with E-state index in [4.69, 9.17) is 5.84 Å². The summed E-state index contributed by atoms with van der Waals surface area (Å²) in [6.07, 6.45) is -2.61. The number of rotatable bonds is 2. The van der Waals surface area contributed by atoms with Gasteiger partial charge in [0.25, 0.3) is 5.91 Å². The van der Waals surface area contributed by atoms with E-state index in [-0.39, 0.29) is 0 Å². The first-order valence-corrected chi connectivity index (χ1v) is 7.96. The van der Waals surface area contributed by atoms with Gasteiger partial charge in [-0.25, -0.2) is 5.84 Å². The molecule has 0 spiro atoms. The quantitative estimate of drug-likeness (QED) is 0.322. The Morgan fingerprint density at radius 1 is 1.11 bits per heavy atom. The highest BCUT2D eigenvalue weighted by atomic mass is 19.4. The molecule has 0 atom stereocenters. The standard InChI is InChI=1S/C18H14F3N5O/c1-25-9-14-13-8-10(17(27)23-22)2-7-15(13)26(16(14)24-25)12-5-3-11(4-6-12)18(19,20)21/h2-9H,22H2,1H3,(H,23,27). The Labute approximate surface area is 150 Å². The maximum Gasteiger partial charge on any atom is 0.416 e. The first-order chi connectivity index (χ1) is 12.8. The Balaban J connectivity index is 1.97. The zero-order chi connectivity index (χ0) is 19.3. The summed E-state index contributed by atoms with van der Waals surface area (Å²) in [6, 6.07) is 9.87. The average Bonchev–Trinajstić information content (AvgIpc) is 3.14. The summed E-state index contributed by atoms with van der Waals surface area (Å²) in [5.41, 5.74) is 3.58. The summed E-state index contributed by atoms with van der Waals surface area (Å²) in [5.74, 6) is 4.76. The molecule has 0 saturated heterocycles. The minimum absolute atomic E-state index is 0.375. The number of nitrogen functional groups attached to an aromatic ring is 1. The van der Waals surface area contributed by atoms with E-state index >= 15 is 0 Å². The Morgan fingerprint density at radius 3 is 2.44 bits per heavy atom. The summed E-state index contributed by atoms with van der Waals surface area (Å²) >= 11 is 0. The Morgan fingerprint density at radius 2 is 1.81 bits per heavy atom. The number of aryl methyl sites for hydroxylation is 1. The van der Waals surface area contributed by atoms with Crippen molar-refractivity contribution in [1.29, 1.82) is 0 Å². The molecule has 0 aliphatic carbocycles. The third-order valence-electron chi connectivity index (χ3n) is 4.39. The third-order valence-corrected chi connectivity index (χ3v) is 4.39. The lowest BCUT2D eigenvalue weighted by molar-refractivity contribution is -0.137. The number of hydrazine groups is 1. The summed E-state index contributed by atoms with van der Waals surface area (Å²) in [4.78, 5) is 11.8. The topological polar surface area (TPSA) is 77.9 Å². The molecule has 0 saturated carbocycles. The van der Waals surface area contributed by atoms with Crippen LogP contribution < -0.4 is 11.3 Å². The second kappa shape index (κ2) is 5.85. The molecule has 4 rings (SSSR count). The summed E-state index contributed by atoms with van der Waals surface area (Å²) in [5, 5.41) is 5.95. The lowest BCUT2D eigenvalue weighted by atomic mass is 10.1. The van der Waals surface area contributed by atoms with E-state index in [1.54, 1.807) is 40.7 Å². The second-order valence-electron chi connectivity index (χ2n) is 6.13. The number of nitrogens with one attached hydrogen (secondary N) is 1. The van der Waals surface area contributed by atoms with Crippen molar-refractivity contribution in [2.24, 2.45) is 12.9 Å². The molecule has 0 bridgehead atoms. The van der Waals surface area contributed by atoms with Crippen molar-refractivity contribution in [2.45, 2.75) is 6.18 Å². The van der Waals surface area contributed by atoms with Crippen LogP contribution in [-0.2, 0) is 13.2 Å². The fraction of sp³-hybridized carbons (Fsp3) is 0.111. The molecule has 1 amide bonds. The van der Waals surface area contributed by atoms with Gasteiger partial charge in [0, 0.05) is 35.3 Å². The van der Waals surface area contributed by atoms with E-state index in [0.29, 0.717) is 16.9 Å². The van der Waals surface area contributed by atoms with Gasteiger partial charge in [0.15, 0.2) is 5.65 Å². The minimum Gasteiger partial charge on any atom is -0.292 e. The van der Waals surface area contributed by atoms with E-state index in [1.165, 1.54) is 12.1 Å². The molecule has 0 aliphatic heterocycles. The van der Waals surface area contributed by atoms with Crippen LogP contribution in [0.1, 0.15) is 15.9 Å². The molecule has 3 N–H and O–H groups in total. The van der Waals surface area contributed by atoms with Crippen molar-refractivity contribution in [3.8, 4) is 5.69 Å².